The highest BCUT2D eigenvalue weighted by Crippen LogP contribution is 2.39. The number of nitrogens with zero attached hydrogens (tertiary/aromatic N) is 5. The van der Waals surface area contributed by atoms with E-state index in [0.717, 1.165) is 37.6 Å². The van der Waals surface area contributed by atoms with Crippen molar-refractivity contribution in [2.75, 3.05) is 50.5 Å². The molecule has 6 nitrogen and oxygen atoms in total. The summed E-state index contributed by atoms with van der Waals surface area (Å²) in [5.74, 6) is 1.78. The molecule has 1 aromatic heterocycles. The molecule has 4 heterocycles. The fraction of sp³-hybridized carbons (Fsp3) is 0.500. The third-order valence-corrected chi connectivity index (χ3v) is 4.92. The fourth-order valence-electron chi connectivity index (χ4n) is 3.59. The van der Waals surface area contributed by atoms with Gasteiger partial charge >= 0.3 is 0 Å². The van der Waals surface area contributed by atoms with E-state index in [0.29, 0.717) is 23.0 Å². The summed E-state index contributed by atoms with van der Waals surface area (Å²) in [4.78, 5) is 15.4. The van der Waals surface area contributed by atoms with Gasteiger partial charge in [0.05, 0.1) is 23.0 Å². The van der Waals surface area contributed by atoms with E-state index in [9.17, 15) is 4.39 Å². The number of anilines is 2. The molecule has 4 rings (SSSR count). The molecule has 1 saturated heterocycles. The molecule has 122 valence electrons. The maximum Gasteiger partial charge on any atom is 0.168 e. The average molecular weight is 316 g/mol. The number of nitrogens with one attached hydrogen (secondary N) is 1. The molecule has 1 atom stereocenters. The number of fused-ring (bicyclic) bond motifs is 2. The number of halogens is 1. The lowest BCUT2D eigenvalue weighted by atomic mass is 10.1. The molecule has 0 bridgehead atoms. The van der Waals surface area contributed by atoms with Gasteiger partial charge in [0.25, 0.3) is 0 Å². The summed E-state index contributed by atoms with van der Waals surface area (Å²) in [6.07, 6.45) is 0. The second kappa shape index (κ2) is 4.92. The van der Waals surface area contributed by atoms with Crippen molar-refractivity contribution in [1.82, 2.24) is 14.8 Å². The van der Waals surface area contributed by atoms with E-state index in [1.807, 2.05) is 0 Å². The Morgan fingerprint density at radius 2 is 2.09 bits per heavy atom. The second-order valence-electron chi connectivity index (χ2n) is 6.48. The topological polar surface area (TPSA) is 47.0 Å². The van der Waals surface area contributed by atoms with Gasteiger partial charge in [0, 0.05) is 33.2 Å². The molecule has 3 aliphatic rings. The zero-order chi connectivity index (χ0) is 16.3. The fourth-order valence-corrected chi connectivity index (χ4v) is 3.59. The predicted molar refractivity (Wildman–Crippen MR) is 89.5 cm³/mol. The molecular weight excluding hydrogens is 295 g/mol. The Morgan fingerprint density at radius 1 is 1.30 bits per heavy atom. The molecule has 3 aliphatic heterocycles. The molecule has 0 amide bonds. The van der Waals surface area contributed by atoms with Gasteiger partial charge < -0.3 is 20.0 Å². The van der Waals surface area contributed by atoms with Crippen molar-refractivity contribution in [3.63, 3.8) is 0 Å². The number of aromatic nitrogens is 1. The molecule has 0 spiro atoms. The van der Waals surface area contributed by atoms with Crippen molar-refractivity contribution in [1.29, 1.82) is 0 Å². The minimum Gasteiger partial charge on any atom is -0.367 e. The van der Waals surface area contributed by atoms with Crippen LogP contribution in [0.25, 0.3) is 0 Å². The molecule has 1 unspecified atom stereocenters. The SMILES string of the molecule is C=C1N=C2c3c(nc(C)c(F)c3N1C)NCC1CN(C)CCN21. The van der Waals surface area contributed by atoms with Crippen LogP contribution in [0, 0.1) is 12.7 Å². The van der Waals surface area contributed by atoms with Crippen molar-refractivity contribution in [2.24, 2.45) is 4.99 Å². The van der Waals surface area contributed by atoms with Gasteiger partial charge in [0.2, 0.25) is 0 Å². The lowest BCUT2D eigenvalue weighted by molar-refractivity contribution is 0.159. The van der Waals surface area contributed by atoms with Gasteiger partial charge in [0.15, 0.2) is 5.82 Å². The van der Waals surface area contributed by atoms with Gasteiger partial charge in [0.1, 0.15) is 17.5 Å². The number of pyridine rings is 1. The van der Waals surface area contributed by atoms with Crippen molar-refractivity contribution in [2.45, 2.75) is 13.0 Å². The first-order valence-corrected chi connectivity index (χ1v) is 7.88. The minimum atomic E-state index is -0.297. The van der Waals surface area contributed by atoms with Crippen molar-refractivity contribution < 1.29 is 4.39 Å². The summed E-state index contributed by atoms with van der Waals surface area (Å²) in [7, 11) is 3.92. The third-order valence-electron chi connectivity index (χ3n) is 4.92. The number of amidine groups is 1. The van der Waals surface area contributed by atoms with Crippen molar-refractivity contribution in [3.8, 4) is 0 Å². The summed E-state index contributed by atoms with van der Waals surface area (Å²) in [5.41, 5.74) is 1.67. The molecule has 1 fully saturated rings. The molecule has 0 radical (unpaired) electrons. The second-order valence-corrected chi connectivity index (χ2v) is 6.48. The number of rotatable bonds is 0. The van der Waals surface area contributed by atoms with Crippen LogP contribution in [0.3, 0.4) is 0 Å². The van der Waals surface area contributed by atoms with Crippen molar-refractivity contribution >= 4 is 17.3 Å². The third kappa shape index (κ3) is 2.03. The zero-order valence-corrected chi connectivity index (χ0v) is 13.7. The molecule has 7 heteroatoms. The lowest BCUT2D eigenvalue weighted by Gasteiger charge is -2.42. The Balaban J connectivity index is 1.94. The summed E-state index contributed by atoms with van der Waals surface area (Å²) in [5, 5.41) is 3.40. The largest absolute Gasteiger partial charge is 0.367 e. The first-order valence-electron chi connectivity index (χ1n) is 7.88. The molecule has 23 heavy (non-hydrogen) atoms. The molecule has 1 N–H and O–H groups in total. The van der Waals surface area contributed by atoms with E-state index in [4.69, 9.17) is 0 Å². The maximum atomic E-state index is 14.8. The standard InChI is InChI=1S/C16H21FN6/c1-9-13(17)14-12-15(19-9)18-7-11-8-21(3)5-6-23(11)16(12)20-10(2)22(14)4/h11H,2,5-8H2,1,3-4H3,(H,18,19). The normalized spacial score (nSPS) is 23.7. The number of aryl methyl sites for hydroxylation is 1. The van der Waals surface area contributed by atoms with Crippen LogP contribution >= 0.6 is 0 Å². The Kier molecular flexibility index (Phi) is 3.09. The summed E-state index contributed by atoms with van der Waals surface area (Å²) < 4.78 is 14.8. The first-order chi connectivity index (χ1) is 11.0. The molecule has 0 saturated carbocycles. The minimum absolute atomic E-state index is 0.286. The highest BCUT2D eigenvalue weighted by molar-refractivity contribution is 6.10. The molecule has 0 aromatic carbocycles. The van der Waals surface area contributed by atoms with E-state index in [1.54, 1.807) is 18.9 Å². The van der Waals surface area contributed by atoms with E-state index in [2.05, 4.69) is 38.7 Å². The van der Waals surface area contributed by atoms with E-state index < -0.39 is 0 Å². The maximum absolute atomic E-state index is 14.8. The highest BCUT2D eigenvalue weighted by atomic mass is 19.1. The van der Waals surface area contributed by atoms with Gasteiger partial charge in [-0.2, -0.15) is 0 Å². The van der Waals surface area contributed by atoms with Crippen LogP contribution in [0.1, 0.15) is 11.3 Å². The summed E-state index contributed by atoms with van der Waals surface area (Å²) >= 11 is 0. The number of likely N-dealkylation sites (N-methyl/N-ethyl adjacent to an activating group) is 1. The predicted octanol–water partition coefficient (Wildman–Crippen LogP) is 1.24. The number of hydrogen-bond donors (Lipinski definition) is 1. The van der Waals surface area contributed by atoms with Crippen LogP contribution in [0.5, 0.6) is 0 Å². The smallest absolute Gasteiger partial charge is 0.168 e. The zero-order valence-electron chi connectivity index (χ0n) is 13.7. The van der Waals surface area contributed by atoms with Gasteiger partial charge in [-0.25, -0.2) is 14.4 Å². The highest BCUT2D eigenvalue weighted by Gasteiger charge is 2.38. The van der Waals surface area contributed by atoms with E-state index in [-0.39, 0.29) is 11.9 Å². The summed E-state index contributed by atoms with van der Waals surface area (Å²) in [6.45, 7) is 9.23. The van der Waals surface area contributed by atoms with Crippen molar-refractivity contribution in [3.05, 3.63) is 29.5 Å². The van der Waals surface area contributed by atoms with Crippen LogP contribution in [0.2, 0.25) is 0 Å². The summed E-state index contributed by atoms with van der Waals surface area (Å²) in [6, 6.07) is 0.286. The van der Waals surface area contributed by atoms with Gasteiger partial charge in [-0.3, -0.25) is 0 Å². The number of hydrogen-bond acceptors (Lipinski definition) is 6. The van der Waals surface area contributed by atoms with Crippen LogP contribution in [-0.4, -0.2) is 66.9 Å². The Morgan fingerprint density at radius 3 is 2.87 bits per heavy atom. The van der Waals surface area contributed by atoms with Crippen LogP contribution in [-0.2, 0) is 0 Å². The van der Waals surface area contributed by atoms with Gasteiger partial charge in [-0.1, -0.05) is 6.58 Å². The number of piperazine rings is 1. The van der Waals surface area contributed by atoms with Gasteiger partial charge in [-0.15, -0.1) is 0 Å². The van der Waals surface area contributed by atoms with Crippen LogP contribution in [0.15, 0.2) is 17.4 Å². The van der Waals surface area contributed by atoms with E-state index >= 15 is 0 Å². The van der Waals surface area contributed by atoms with Gasteiger partial charge in [-0.05, 0) is 14.0 Å². The Hall–Kier alpha value is -2.15. The lowest BCUT2D eigenvalue weighted by Crippen LogP contribution is -2.56. The molecule has 1 aromatic rings. The Bertz CT molecular complexity index is 728. The molecule has 0 aliphatic carbocycles. The first kappa shape index (κ1) is 14.4. The monoisotopic (exact) mass is 316 g/mol. The average Bonchev–Trinajstić information content (AvgIpc) is 2.65. The Labute approximate surface area is 135 Å². The molecular formula is C16H21FN6. The quantitative estimate of drug-likeness (QED) is 0.780. The number of aliphatic imine (C=N–C) groups is 1. The van der Waals surface area contributed by atoms with Crippen LogP contribution in [0.4, 0.5) is 15.9 Å². The van der Waals surface area contributed by atoms with E-state index in [1.165, 1.54) is 0 Å². The van der Waals surface area contributed by atoms with Crippen LogP contribution < -0.4 is 10.2 Å².